The van der Waals surface area contributed by atoms with Crippen LogP contribution >= 0.6 is 11.3 Å². The number of carbonyl (C=O) groups excluding carboxylic acids is 2. The van der Waals surface area contributed by atoms with E-state index in [1.165, 1.54) is 12.0 Å². The fourth-order valence-corrected chi connectivity index (χ4v) is 3.03. The first-order valence-corrected chi connectivity index (χ1v) is 7.13. The monoisotopic (exact) mass is 279 g/mol. The molecule has 4 nitrogen and oxygen atoms in total. The van der Waals surface area contributed by atoms with Gasteiger partial charge in [0.2, 0.25) is 5.91 Å². The number of hydrogen-bond acceptors (Lipinski definition) is 4. The maximum atomic E-state index is 12.1. The molecule has 2 heterocycles. The van der Waals surface area contributed by atoms with E-state index in [-0.39, 0.29) is 11.9 Å². The minimum absolute atomic E-state index is 0.117. The number of amides is 1. The molecule has 1 aliphatic rings. The summed E-state index contributed by atoms with van der Waals surface area (Å²) in [6.07, 6.45) is 4.15. The van der Waals surface area contributed by atoms with Crippen molar-refractivity contribution in [2.45, 2.75) is 26.2 Å². The number of thiophene rings is 1. The zero-order chi connectivity index (χ0) is 13.8. The highest BCUT2D eigenvalue weighted by Gasteiger charge is 2.22. The van der Waals surface area contributed by atoms with Crippen LogP contribution in [0.15, 0.2) is 23.1 Å². The molecule has 0 saturated heterocycles. The van der Waals surface area contributed by atoms with Gasteiger partial charge in [0, 0.05) is 23.4 Å². The van der Waals surface area contributed by atoms with Gasteiger partial charge in [-0.15, -0.1) is 11.3 Å². The third-order valence-corrected chi connectivity index (χ3v) is 4.17. The fraction of sp³-hybridized carbons (Fsp3) is 0.429. The lowest BCUT2D eigenvalue weighted by Gasteiger charge is -2.19. The Morgan fingerprint density at radius 1 is 1.53 bits per heavy atom. The largest absolute Gasteiger partial charge is 0.466 e. The molecule has 0 aliphatic carbocycles. The highest BCUT2D eigenvalue weighted by Crippen LogP contribution is 2.31. The normalized spacial score (nSPS) is 16.0. The Hall–Kier alpha value is -1.62. The van der Waals surface area contributed by atoms with Crippen molar-refractivity contribution in [3.63, 3.8) is 0 Å². The summed E-state index contributed by atoms with van der Waals surface area (Å²) in [6, 6.07) is 1.98. The molecule has 19 heavy (non-hydrogen) atoms. The number of carbonyl (C=O) groups is 2. The van der Waals surface area contributed by atoms with Crippen molar-refractivity contribution in [3.05, 3.63) is 28.0 Å². The van der Waals surface area contributed by atoms with E-state index < -0.39 is 0 Å². The molecule has 102 valence electrons. The van der Waals surface area contributed by atoms with Crippen LogP contribution in [0.4, 0.5) is 5.69 Å². The molecule has 2 rings (SSSR count). The van der Waals surface area contributed by atoms with Gasteiger partial charge in [-0.3, -0.25) is 4.79 Å². The van der Waals surface area contributed by atoms with Crippen LogP contribution in [0, 0.1) is 0 Å². The van der Waals surface area contributed by atoms with Crippen LogP contribution in [0.3, 0.4) is 0 Å². The summed E-state index contributed by atoms with van der Waals surface area (Å²) in [5, 5.41) is 2.01. The second-order valence-corrected chi connectivity index (χ2v) is 5.47. The third kappa shape index (κ3) is 3.04. The maximum Gasteiger partial charge on any atom is 0.333 e. The number of ether oxygens (including phenoxy) is 1. The number of methoxy groups -OCH3 is 1. The highest BCUT2D eigenvalue weighted by molar-refractivity contribution is 7.10. The van der Waals surface area contributed by atoms with E-state index in [1.54, 1.807) is 29.2 Å². The molecule has 1 amide bonds. The molecular formula is C14H17NO3S. The van der Waals surface area contributed by atoms with Crippen molar-refractivity contribution in [1.82, 2.24) is 0 Å². The average Bonchev–Trinajstić information content (AvgIpc) is 2.80. The molecule has 1 aliphatic heterocycles. The lowest BCUT2D eigenvalue weighted by atomic mass is 10.2. The molecule has 0 spiro atoms. The highest BCUT2D eigenvalue weighted by atomic mass is 32.1. The molecular weight excluding hydrogens is 262 g/mol. The third-order valence-electron chi connectivity index (χ3n) is 3.20. The zero-order valence-corrected chi connectivity index (χ0v) is 12.0. The van der Waals surface area contributed by atoms with Crippen LogP contribution in [0.1, 0.15) is 24.6 Å². The average molecular weight is 279 g/mol. The van der Waals surface area contributed by atoms with E-state index in [9.17, 15) is 9.59 Å². The Labute approximate surface area is 116 Å². The Morgan fingerprint density at radius 2 is 2.32 bits per heavy atom. The van der Waals surface area contributed by atoms with Crippen LogP contribution in [0.5, 0.6) is 0 Å². The SMILES string of the molecule is COC(=O)C(C)=CCN1C(=O)CCCc2sccc21. The van der Waals surface area contributed by atoms with Crippen molar-refractivity contribution in [2.75, 3.05) is 18.6 Å². The minimum atomic E-state index is -0.354. The minimum Gasteiger partial charge on any atom is -0.466 e. The second-order valence-electron chi connectivity index (χ2n) is 4.47. The molecule has 5 heteroatoms. The van der Waals surface area contributed by atoms with E-state index in [0.717, 1.165) is 18.5 Å². The van der Waals surface area contributed by atoms with Gasteiger partial charge in [0.05, 0.1) is 12.8 Å². The molecule has 1 aromatic rings. The summed E-state index contributed by atoms with van der Waals surface area (Å²) < 4.78 is 4.65. The van der Waals surface area contributed by atoms with Crippen molar-refractivity contribution in [1.29, 1.82) is 0 Å². The standard InChI is InChI=1S/C14H17NO3S/c1-10(14(17)18-2)6-8-15-11-7-9-19-12(11)4-3-5-13(15)16/h6-7,9H,3-5,8H2,1-2H3. The molecule has 0 saturated carbocycles. The number of hydrogen-bond donors (Lipinski definition) is 0. The topological polar surface area (TPSA) is 46.6 Å². The lowest BCUT2D eigenvalue weighted by Crippen LogP contribution is -2.30. The lowest BCUT2D eigenvalue weighted by molar-refractivity contribution is -0.136. The first-order valence-electron chi connectivity index (χ1n) is 6.25. The van der Waals surface area contributed by atoms with E-state index in [2.05, 4.69) is 4.74 Å². The summed E-state index contributed by atoms with van der Waals surface area (Å²) in [6.45, 7) is 2.12. The van der Waals surface area contributed by atoms with E-state index in [4.69, 9.17) is 0 Å². The summed E-state index contributed by atoms with van der Waals surface area (Å²) in [4.78, 5) is 26.5. The second kappa shape index (κ2) is 6.02. The Balaban J connectivity index is 2.19. The van der Waals surface area contributed by atoms with E-state index in [1.807, 2.05) is 11.4 Å². The molecule has 1 aromatic heterocycles. The number of rotatable bonds is 3. The van der Waals surface area contributed by atoms with Crippen LogP contribution in [-0.4, -0.2) is 25.5 Å². The number of aryl methyl sites for hydroxylation is 1. The molecule has 0 bridgehead atoms. The van der Waals surface area contributed by atoms with Gasteiger partial charge >= 0.3 is 5.97 Å². The smallest absolute Gasteiger partial charge is 0.333 e. The van der Waals surface area contributed by atoms with E-state index >= 15 is 0 Å². The van der Waals surface area contributed by atoms with Crippen molar-refractivity contribution in [3.8, 4) is 0 Å². The van der Waals surface area contributed by atoms with Gasteiger partial charge in [-0.25, -0.2) is 4.79 Å². The quantitative estimate of drug-likeness (QED) is 0.631. The molecule has 0 unspecified atom stereocenters. The van der Waals surface area contributed by atoms with Crippen LogP contribution in [0.2, 0.25) is 0 Å². The zero-order valence-electron chi connectivity index (χ0n) is 11.1. The van der Waals surface area contributed by atoms with Crippen molar-refractivity contribution in [2.24, 2.45) is 0 Å². The maximum absolute atomic E-state index is 12.1. The predicted molar refractivity (Wildman–Crippen MR) is 75.4 cm³/mol. The Morgan fingerprint density at radius 3 is 3.05 bits per heavy atom. The summed E-state index contributed by atoms with van der Waals surface area (Å²) >= 11 is 1.68. The van der Waals surface area contributed by atoms with Crippen LogP contribution in [0.25, 0.3) is 0 Å². The molecule has 0 radical (unpaired) electrons. The van der Waals surface area contributed by atoms with Crippen molar-refractivity contribution >= 4 is 28.9 Å². The van der Waals surface area contributed by atoms with Gasteiger partial charge < -0.3 is 9.64 Å². The number of esters is 1. The number of fused-ring (bicyclic) bond motifs is 1. The predicted octanol–water partition coefficient (Wildman–Crippen LogP) is 2.54. The summed E-state index contributed by atoms with van der Waals surface area (Å²) in [5.74, 6) is -0.237. The van der Waals surface area contributed by atoms with Crippen molar-refractivity contribution < 1.29 is 14.3 Å². The Bertz CT molecular complexity index is 519. The van der Waals surface area contributed by atoms with Gasteiger partial charge in [0.15, 0.2) is 0 Å². The van der Waals surface area contributed by atoms with Crippen LogP contribution in [-0.2, 0) is 20.7 Å². The summed E-state index contributed by atoms with van der Waals surface area (Å²) in [5.41, 5.74) is 1.51. The van der Waals surface area contributed by atoms with Gasteiger partial charge in [0.25, 0.3) is 0 Å². The van der Waals surface area contributed by atoms with Gasteiger partial charge in [-0.05, 0) is 31.2 Å². The molecule has 0 fully saturated rings. The summed E-state index contributed by atoms with van der Waals surface area (Å²) in [7, 11) is 1.35. The Kier molecular flexibility index (Phi) is 4.37. The first-order chi connectivity index (χ1) is 9.13. The van der Waals surface area contributed by atoms with E-state index in [0.29, 0.717) is 18.5 Å². The number of nitrogens with zero attached hydrogens (tertiary/aromatic N) is 1. The van der Waals surface area contributed by atoms with Gasteiger partial charge in [-0.2, -0.15) is 0 Å². The molecule has 0 aromatic carbocycles. The first kappa shape index (κ1) is 13.8. The fourth-order valence-electron chi connectivity index (χ4n) is 2.10. The van der Waals surface area contributed by atoms with Crippen LogP contribution < -0.4 is 4.90 Å². The molecule has 0 N–H and O–H groups in total. The van der Waals surface area contributed by atoms with Gasteiger partial charge in [0.1, 0.15) is 0 Å². The molecule has 0 atom stereocenters. The number of anilines is 1. The van der Waals surface area contributed by atoms with Gasteiger partial charge in [-0.1, -0.05) is 6.08 Å².